The van der Waals surface area contributed by atoms with Gasteiger partial charge >= 0.3 is 0 Å². The number of nitrogens with zero attached hydrogens (tertiary/aromatic N) is 2. The van der Waals surface area contributed by atoms with E-state index in [4.69, 9.17) is 16.9 Å². The van der Waals surface area contributed by atoms with E-state index < -0.39 is 6.04 Å². The van der Waals surface area contributed by atoms with Gasteiger partial charge in [0.25, 0.3) is 0 Å². The summed E-state index contributed by atoms with van der Waals surface area (Å²) in [5, 5.41) is 12.7. The van der Waals surface area contributed by atoms with Crippen LogP contribution in [0.2, 0.25) is 5.02 Å². The fourth-order valence-electron chi connectivity index (χ4n) is 1.79. The Labute approximate surface area is 119 Å². The lowest BCUT2D eigenvalue weighted by atomic mass is 10.2. The maximum Gasteiger partial charge on any atom is 0.225 e. The normalized spacial score (nSPS) is 11.5. The van der Waals surface area contributed by atoms with E-state index in [0.717, 1.165) is 5.69 Å². The van der Waals surface area contributed by atoms with Gasteiger partial charge in [0.05, 0.1) is 12.5 Å². The third-order valence-electron chi connectivity index (χ3n) is 2.82. The number of amides is 1. The van der Waals surface area contributed by atoms with E-state index in [1.165, 1.54) is 0 Å². The predicted octanol–water partition coefficient (Wildman–Crippen LogP) is 2.90. The van der Waals surface area contributed by atoms with Gasteiger partial charge in [0.1, 0.15) is 6.04 Å². The molecular formula is C14H18ClN3O. The second kappa shape index (κ2) is 7.65. The largest absolute Gasteiger partial charge is 0.369 e. The summed E-state index contributed by atoms with van der Waals surface area (Å²) in [5.74, 6) is -0.0221. The molecule has 1 amide bonds. The van der Waals surface area contributed by atoms with E-state index in [1.54, 1.807) is 23.1 Å². The van der Waals surface area contributed by atoms with E-state index in [2.05, 4.69) is 11.4 Å². The van der Waals surface area contributed by atoms with E-state index in [9.17, 15) is 4.79 Å². The van der Waals surface area contributed by atoms with Gasteiger partial charge < -0.3 is 10.2 Å². The molecule has 4 nitrogen and oxygen atoms in total. The van der Waals surface area contributed by atoms with Gasteiger partial charge in [0, 0.05) is 23.8 Å². The molecular weight excluding hydrogens is 262 g/mol. The van der Waals surface area contributed by atoms with Crippen molar-refractivity contribution in [3.63, 3.8) is 0 Å². The highest BCUT2D eigenvalue weighted by Gasteiger charge is 2.16. The van der Waals surface area contributed by atoms with Crippen LogP contribution < -0.4 is 5.32 Å². The standard InChI is InChI=1S/C14H18ClN3O/c1-3-18(4-2)14(19)9-13(10-16)17-12-7-5-6-11(15)8-12/h5-8,13,17H,3-4,9H2,1-2H3. The zero-order chi connectivity index (χ0) is 14.3. The molecule has 1 aromatic carbocycles. The number of hydrogen-bond acceptors (Lipinski definition) is 3. The Hall–Kier alpha value is -1.73. The number of carbonyl (C=O) groups excluding carboxylic acids is 1. The van der Waals surface area contributed by atoms with Gasteiger partial charge in [-0.25, -0.2) is 0 Å². The summed E-state index contributed by atoms with van der Waals surface area (Å²) in [7, 11) is 0. The smallest absolute Gasteiger partial charge is 0.225 e. The molecule has 102 valence electrons. The molecule has 0 saturated heterocycles. The molecule has 0 spiro atoms. The highest BCUT2D eigenvalue weighted by Crippen LogP contribution is 2.16. The fourth-order valence-corrected chi connectivity index (χ4v) is 1.98. The Bertz CT molecular complexity index is 466. The fraction of sp³-hybridized carbons (Fsp3) is 0.429. The zero-order valence-corrected chi connectivity index (χ0v) is 11.9. The Balaban J connectivity index is 2.65. The molecule has 0 bridgehead atoms. The minimum Gasteiger partial charge on any atom is -0.369 e. The molecule has 0 aliphatic rings. The van der Waals surface area contributed by atoms with Crippen LogP contribution in [0.25, 0.3) is 0 Å². The molecule has 1 aromatic rings. The number of nitrogens with one attached hydrogen (secondary N) is 1. The number of anilines is 1. The van der Waals surface area contributed by atoms with Crippen molar-refractivity contribution in [2.45, 2.75) is 26.3 Å². The number of hydrogen-bond donors (Lipinski definition) is 1. The topological polar surface area (TPSA) is 56.1 Å². The van der Waals surface area contributed by atoms with Gasteiger partial charge in [-0.05, 0) is 32.0 Å². The molecule has 1 N–H and O–H groups in total. The second-order valence-corrected chi connectivity index (χ2v) is 4.54. The van der Waals surface area contributed by atoms with Gasteiger partial charge in [-0.1, -0.05) is 17.7 Å². The molecule has 0 aliphatic heterocycles. The monoisotopic (exact) mass is 279 g/mol. The molecule has 0 radical (unpaired) electrons. The van der Waals surface area contributed by atoms with Crippen molar-refractivity contribution in [2.75, 3.05) is 18.4 Å². The third-order valence-corrected chi connectivity index (χ3v) is 3.05. The van der Waals surface area contributed by atoms with Gasteiger partial charge in [-0.2, -0.15) is 5.26 Å². The van der Waals surface area contributed by atoms with Crippen molar-refractivity contribution in [3.8, 4) is 6.07 Å². The maximum absolute atomic E-state index is 11.9. The van der Waals surface area contributed by atoms with Crippen molar-refractivity contribution in [2.24, 2.45) is 0 Å². The molecule has 19 heavy (non-hydrogen) atoms. The first-order valence-electron chi connectivity index (χ1n) is 6.30. The average molecular weight is 280 g/mol. The van der Waals surface area contributed by atoms with Crippen LogP contribution in [0.15, 0.2) is 24.3 Å². The SMILES string of the molecule is CCN(CC)C(=O)CC(C#N)Nc1cccc(Cl)c1. The van der Waals surface area contributed by atoms with Crippen LogP contribution in [-0.2, 0) is 4.79 Å². The van der Waals surface area contributed by atoms with Crippen LogP contribution in [0.4, 0.5) is 5.69 Å². The van der Waals surface area contributed by atoms with Gasteiger partial charge in [0.2, 0.25) is 5.91 Å². The lowest BCUT2D eigenvalue weighted by molar-refractivity contribution is -0.130. The number of benzene rings is 1. The second-order valence-electron chi connectivity index (χ2n) is 4.11. The number of rotatable bonds is 6. The minimum absolute atomic E-state index is 0.0221. The average Bonchev–Trinajstić information content (AvgIpc) is 2.39. The van der Waals surface area contributed by atoms with Gasteiger partial charge in [0.15, 0.2) is 0 Å². The van der Waals surface area contributed by atoms with Crippen LogP contribution in [0.3, 0.4) is 0 Å². The highest BCUT2D eigenvalue weighted by atomic mass is 35.5. The van der Waals surface area contributed by atoms with Crippen LogP contribution in [-0.4, -0.2) is 29.9 Å². The van der Waals surface area contributed by atoms with Crippen molar-refractivity contribution in [1.82, 2.24) is 4.90 Å². The first-order valence-corrected chi connectivity index (χ1v) is 6.68. The predicted molar refractivity (Wildman–Crippen MR) is 77.0 cm³/mol. The first-order chi connectivity index (χ1) is 9.10. The third kappa shape index (κ3) is 4.80. The van der Waals surface area contributed by atoms with Gasteiger partial charge in [-0.3, -0.25) is 4.79 Å². The summed E-state index contributed by atoms with van der Waals surface area (Å²) < 4.78 is 0. The van der Waals surface area contributed by atoms with E-state index >= 15 is 0 Å². The number of carbonyl (C=O) groups is 1. The Kier molecular flexibility index (Phi) is 6.17. The first kappa shape index (κ1) is 15.3. The summed E-state index contributed by atoms with van der Waals surface area (Å²) in [6.07, 6.45) is 0.157. The summed E-state index contributed by atoms with van der Waals surface area (Å²) in [5.41, 5.74) is 0.742. The molecule has 0 aliphatic carbocycles. The summed E-state index contributed by atoms with van der Waals surface area (Å²) in [4.78, 5) is 13.7. The van der Waals surface area contributed by atoms with Crippen molar-refractivity contribution < 1.29 is 4.79 Å². The van der Waals surface area contributed by atoms with Gasteiger partial charge in [-0.15, -0.1) is 0 Å². The van der Waals surface area contributed by atoms with Crippen molar-refractivity contribution in [1.29, 1.82) is 5.26 Å². The van der Waals surface area contributed by atoms with E-state index in [1.807, 2.05) is 19.9 Å². The summed E-state index contributed by atoms with van der Waals surface area (Å²) >= 11 is 5.87. The summed E-state index contributed by atoms with van der Waals surface area (Å²) in [6, 6.07) is 8.66. The van der Waals surface area contributed by atoms with E-state index in [-0.39, 0.29) is 12.3 Å². The van der Waals surface area contributed by atoms with Crippen LogP contribution in [0.1, 0.15) is 20.3 Å². The molecule has 0 saturated carbocycles. The quantitative estimate of drug-likeness (QED) is 0.871. The molecule has 1 rings (SSSR count). The molecule has 5 heteroatoms. The number of nitriles is 1. The van der Waals surface area contributed by atoms with E-state index in [0.29, 0.717) is 18.1 Å². The maximum atomic E-state index is 11.9. The molecule has 1 atom stereocenters. The highest BCUT2D eigenvalue weighted by molar-refractivity contribution is 6.30. The zero-order valence-electron chi connectivity index (χ0n) is 11.2. The van der Waals surface area contributed by atoms with Crippen LogP contribution in [0, 0.1) is 11.3 Å². The summed E-state index contributed by atoms with van der Waals surface area (Å²) in [6.45, 7) is 5.16. The molecule has 0 aromatic heterocycles. The molecule has 0 fully saturated rings. The molecule has 1 unspecified atom stereocenters. The van der Waals surface area contributed by atoms with Crippen molar-refractivity contribution >= 4 is 23.2 Å². The Morgan fingerprint density at radius 3 is 2.68 bits per heavy atom. The van der Waals surface area contributed by atoms with Crippen LogP contribution in [0.5, 0.6) is 0 Å². The lowest BCUT2D eigenvalue weighted by Gasteiger charge is -2.21. The Morgan fingerprint density at radius 2 is 2.16 bits per heavy atom. The molecule has 0 heterocycles. The lowest BCUT2D eigenvalue weighted by Crippen LogP contribution is -2.34. The number of halogens is 1. The van der Waals surface area contributed by atoms with Crippen LogP contribution >= 0.6 is 11.6 Å². The minimum atomic E-state index is -0.549. The Morgan fingerprint density at radius 1 is 1.47 bits per heavy atom. The van der Waals surface area contributed by atoms with Crippen molar-refractivity contribution in [3.05, 3.63) is 29.3 Å².